The number of thiazole rings is 1. The summed E-state index contributed by atoms with van der Waals surface area (Å²) in [6.07, 6.45) is -3.99. The van der Waals surface area contributed by atoms with E-state index in [-0.39, 0.29) is 17.7 Å². The minimum atomic E-state index is -4.71. The Labute approximate surface area is 171 Å². The van der Waals surface area contributed by atoms with Crippen molar-refractivity contribution in [1.29, 1.82) is 0 Å². The number of guanidine groups is 1. The molecule has 0 amide bonds. The molecule has 1 fully saturated rings. The number of halogens is 3. The van der Waals surface area contributed by atoms with Gasteiger partial charge in [-0.15, -0.1) is 24.5 Å². The number of para-hydroxylation sites is 1. The molecular formula is C19H24F3N5OS. The third-order valence-electron chi connectivity index (χ3n) is 4.32. The highest BCUT2D eigenvalue weighted by molar-refractivity contribution is 7.13. The highest BCUT2D eigenvalue weighted by atomic mass is 32.1. The topological polar surface area (TPSA) is 61.8 Å². The Hall–Kier alpha value is -2.49. The van der Waals surface area contributed by atoms with Gasteiger partial charge in [-0.2, -0.15) is 0 Å². The van der Waals surface area contributed by atoms with Gasteiger partial charge in [0.2, 0.25) is 0 Å². The lowest BCUT2D eigenvalue weighted by Crippen LogP contribution is -2.39. The minimum Gasteiger partial charge on any atom is -0.405 e. The predicted molar refractivity (Wildman–Crippen MR) is 109 cm³/mol. The third-order valence-corrected chi connectivity index (χ3v) is 5.38. The van der Waals surface area contributed by atoms with Crippen LogP contribution in [0.4, 0.5) is 18.3 Å². The normalized spacial score (nSPS) is 19.0. The van der Waals surface area contributed by atoms with Crippen molar-refractivity contribution in [1.82, 2.24) is 15.6 Å². The Balaban J connectivity index is 1.64. The number of aliphatic imine (C=N–C) groups is 1. The second-order valence-electron chi connectivity index (χ2n) is 6.89. The average Bonchev–Trinajstić information content (AvgIpc) is 3.22. The summed E-state index contributed by atoms with van der Waals surface area (Å²) in [4.78, 5) is 11.0. The van der Waals surface area contributed by atoms with Crippen LogP contribution < -0.4 is 20.3 Å². The van der Waals surface area contributed by atoms with E-state index in [1.54, 1.807) is 23.5 Å². The van der Waals surface area contributed by atoms with Crippen LogP contribution in [-0.4, -0.2) is 44.0 Å². The summed E-state index contributed by atoms with van der Waals surface area (Å²) >= 11 is 1.55. The molecule has 3 rings (SSSR count). The number of hydrogen-bond donors (Lipinski definition) is 2. The maximum Gasteiger partial charge on any atom is 0.573 e. The molecule has 6 nitrogen and oxygen atoms in total. The van der Waals surface area contributed by atoms with E-state index in [0.717, 1.165) is 10.8 Å². The van der Waals surface area contributed by atoms with Crippen LogP contribution in [0.2, 0.25) is 0 Å². The van der Waals surface area contributed by atoms with Crippen LogP contribution >= 0.6 is 11.3 Å². The zero-order valence-electron chi connectivity index (χ0n) is 16.5. The molecule has 158 valence electrons. The lowest BCUT2D eigenvalue weighted by atomic mass is 10.1. The fourth-order valence-corrected chi connectivity index (χ4v) is 3.68. The Bertz CT molecular complexity index is 852. The maximum atomic E-state index is 12.7. The SMILES string of the molecule is CCNC(=NCc1csc(N(C)C)n1)NC1CC1c1ccccc1OC(F)(F)F. The molecule has 2 atom stereocenters. The molecule has 1 saturated carbocycles. The first-order chi connectivity index (χ1) is 13.8. The molecule has 1 aliphatic carbocycles. The molecule has 1 aliphatic rings. The van der Waals surface area contributed by atoms with Gasteiger partial charge in [-0.1, -0.05) is 18.2 Å². The van der Waals surface area contributed by atoms with Crippen LogP contribution in [0.1, 0.15) is 30.5 Å². The minimum absolute atomic E-state index is 0.00134. The first-order valence-electron chi connectivity index (χ1n) is 9.28. The van der Waals surface area contributed by atoms with E-state index >= 15 is 0 Å². The van der Waals surface area contributed by atoms with Crippen molar-refractivity contribution >= 4 is 22.4 Å². The number of anilines is 1. The lowest BCUT2D eigenvalue weighted by Gasteiger charge is -2.14. The van der Waals surface area contributed by atoms with Crippen LogP contribution in [-0.2, 0) is 6.54 Å². The average molecular weight is 427 g/mol. The molecule has 29 heavy (non-hydrogen) atoms. The molecular weight excluding hydrogens is 403 g/mol. The van der Waals surface area contributed by atoms with Crippen molar-refractivity contribution in [3.63, 3.8) is 0 Å². The number of aromatic nitrogens is 1. The van der Waals surface area contributed by atoms with E-state index in [1.165, 1.54) is 12.1 Å². The van der Waals surface area contributed by atoms with Crippen molar-refractivity contribution < 1.29 is 17.9 Å². The quantitative estimate of drug-likeness (QED) is 0.521. The number of nitrogens with zero attached hydrogens (tertiary/aromatic N) is 3. The van der Waals surface area contributed by atoms with Crippen LogP contribution in [0.15, 0.2) is 34.6 Å². The zero-order chi connectivity index (χ0) is 21.0. The summed E-state index contributed by atoms with van der Waals surface area (Å²) in [5, 5.41) is 9.35. The van der Waals surface area contributed by atoms with Gasteiger partial charge < -0.3 is 20.3 Å². The number of hydrogen-bond acceptors (Lipinski definition) is 5. The second kappa shape index (κ2) is 8.89. The largest absolute Gasteiger partial charge is 0.573 e. The highest BCUT2D eigenvalue weighted by Crippen LogP contribution is 2.45. The van der Waals surface area contributed by atoms with Gasteiger partial charge in [0.05, 0.1) is 12.2 Å². The van der Waals surface area contributed by atoms with E-state index in [4.69, 9.17) is 0 Å². The van der Waals surface area contributed by atoms with Gasteiger partial charge in [-0.3, -0.25) is 0 Å². The predicted octanol–water partition coefficient (Wildman–Crippen LogP) is 3.72. The number of nitrogens with one attached hydrogen (secondary N) is 2. The van der Waals surface area contributed by atoms with E-state index in [2.05, 4.69) is 25.3 Å². The molecule has 10 heteroatoms. The van der Waals surface area contributed by atoms with Gasteiger partial charge in [0.1, 0.15) is 5.75 Å². The Morgan fingerprint density at radius 1 is 1.34 bits per heavy atom. The van der Waals surface area contributed by atoms with Crippen molar-refractivity contribution in [2.45, 2.75) is 38.2 Å². The van der Waals surface area contributed by atoms with Crippen molar-refractivity contribution in [2.75, 3.05) is 25.5 Å². The van der Waals surface area contributed by atoms with Crippen molar-refractivity contribution in [3.8, 4) is 5.75 Å². The van der Waals surface area contributed by atoms with Gasteiger partial charge in [-0.25, -0.2) is 9.98 Å². The van der Waals surface area contributed by atoms with Crippen LogP contribution in [0.5, 0.6) is 5.75 Å². The molecule has 1 aromatic carbocycles. The van der Waals surface area contributed by atoms with E-state index in [0.29, 0.717) is 31.0 Å². The first-order valence-corrected chi connectivity index (χ1v) is 10.2. The summed E-state index contributed by atoms with van der Waals surface area (Å²) in [7, 11) is 3.87. The van der Waals surface area contributed by atoms with E-state index in [1.807, 2.05) is 31.3 Å². The standard InChI is InChI=1S/C19H24F3N5OS/c1-4-23-17(24-10-12-11-29-18(25-12)27(2)3)26-15-9-14(15)13-7-5-6-8-16(13)28-19(20,21)22/h5-8,11,14-15H,4,9-10H2,1-3H3,(H2,23,24,26). The van der Waals surface area contributed by atoms with Crippen LogP contribution in [0, 0.1) is 0 Å². The van der Waals surface area contributed by atoms with Gasteiger partial charge in [0.15, 0.2) is 11.1 Å². The van der Waals surface area contributed by atoms with Crippen molar-refractivity contribution in [2.24, 2.45) is 4.99 Å². The molecule has 0 aliphatic heterocycles. The Morgan fingerprint density at radius 3 is 2.76 bits per heavy atom. The van der Waals surface area contributed by atoms with Gasteiger partial charge >= 0.3 is 6.36 Å². The summed E-state index contributed by atoms with van der Waals surface area (Å²) < 4.78 is 42.1. The fourth-order valence-electron chi connectivity index (χ4n) is 2.93. The molecule has 0 bridgehead atoms. The fraction of sp³-hybridized carbons (Fsp3) is 0.474. The maximum absolute atomic E-state index is 12.7. The molecule has 1 heterocycles. The highest BCUT2D eigenvalue weighted by Gasteiger charge is 2.42. The number of alkyl halides is 3. The molecule has 0 saturated heterocycles. The number of rotatable bonds is 7. The van der Waals surface area contributed by atoms with Gasteiger partial charge in [0, 0.05) is 38.0 Å². The zero-order valence-corrected chi connectivity index (χ0v) is 17.3. The Morgan fingerprint density at radius 2 is 2.10 bits per heavy atom. The summed E-state index contributed by atoms with van der Waals surface area (Å²) in [5.74, 6) is 0.417. The lowest BCUT2D eigenvalue weighted by molar-refractivity contribution is -0.274. The molecule has 2 unspecified atom stereocenters. The monoisotopic (exact) mass is 427 g/mol. The van der Waals surface area contributed by atoms with E-state index < -0.39 is 6.36 Å². The first kappa shape index (κ1) is 21.2. The number of ether oxygens (including phenoxy) is 1. The van der Waals surface area contributed by atoms with Crippen LogP contribution in [0.25, 0.3) is 0 Å². The molecule has 0 spiro atoms. The second-order valence-corrected chi connectivity index (χ2v) is 7.73. The van der Waals surface area contributed by atoms with Crippen molar-refractivity contribution in [3.05, 3.63) is 40.9 Å². The molecule has 0 radical (unpaired) electrons. The van der Waals surface area contributed by atoms with Gasteiger partial charge in [0.25, 0.3) is 0 Å². The molecule has 2 N–H and O–H groups in total. The molecule has 1 aromatic heterocycles. The summed E-state index contributed by atoms with van der Waals surface area (Å²) in [6.45, 7) is 3.06. The number of benzene rings is 1. The Kier molecular flexibility index (Phi) is 6.51. The molecule has 2 aromatic rings. The summed E-state index contributed by atoms with van der Waals surface area (Å²) in [6, 6.07) is 6.28. The third kappa shape index (κ3) is 5.99. The van der Waals surface area contributed by atoms with Gasteiger partial charge in [-0.05, 0) is 25.0 Å². The summed E-state index contributed by atoms with van der Waals surface area (Å²) in [5.41, 5.74) is 1.42. The van der Waals surface area contributed by atoms with E-state index in [9.17, 15) is 13.2 Å². The smallest absolute Gasteiger partial charge is 0.405 e. The van der Waals surface area contributed by atoms with Crippen LogP contribution in [0.3, 0.4) is 0 Å².